The Morgan fingerprint density at radius 2 is 1.60 bits per heavy atom. The van der Waals surface area contributed by atoms with Gasteiger partial charge in [0.2, 0.25) is 0 Å². The zero-order chi connectivity index (χ0) is 16.9. The number of aryl methyl sites for hydroxylation is 1. The predicted molar refractivity (Wildman–Crippen MR) is 100.0 cm³/mol. The van der Waals surface area contributed by atoms with Crippen LogP contribution in [0, 0.1) is 0 Å². The SMILES string of the molecule is c1ccc(-c2ccc(CNCc3nnc4n3CCCCC4)cc2)cc1. The number of nitrogens with zero attached hydrogens (tertiary/aromatic N) is 3. The van der Waals surface area contributed by atoms with Gasteiger partial charge in [0.1, 0.15) is 11.6 Å². The number of fused-ring (bicyclic) bond motifs is 1. The quantitative estimate of drug-likeness (QED) is 0.769. The first-order valence-electron chi connectivity index (χ1n) is 9.16. The highest BCUT2D eigenvalue weighted by atomic mass is 15.3. The van der Waals surface area contributed by atoms with E-state index in [9.17, 15) is 0 Å². The Balaban J connectivity index is 1.35. The summed E-state index contributed by atoms with van der Waals surface area (Å²) in [6.07, 6.45) is 4.83. The van der Waals surface area contributed by atoms with Gasteiger partial charge in [-0.15, -0.1) is 10.2 Å². The van der Waals surface area contributed by atoms with Crippen molar-refractivity contribution < 1.29 is 0 Å². The minimum atomic E-state index is 0.771. The first kappa shape index (κ1) is 16.0. The summed E-state index contributed by atoms with van der Waals surface area (Å²) in [7, 11) is 0. The van der Waals surface area contributed by atoms with E-state index in [1.807, 2.05) is 6.07 Å². The highest BCUT2D eigenvalue weighted by Crippen LogP contribution is 2.19. The van der Waals surface area contributed by atoms with Crippen molar-refractivity contribution in [2.45, 2.75) is 45.3 Å². The maximum Gasteiger partial charge on any atom is 0.147 e. The maximum absolute atomic E-state index is 4.37. The zero-order valence-electron chi connectivity index (χ0n) is 14.5. The van der Waals surface area contributed by atoms with Gasteiger partial charge >= 0.3 is 0 Å². The summed E-state index contributed by atoms with van der Waals surface area (Å²) < 4.78 is 2.30. The summed E-state index contributed by atoms with van der Waals surface area (Å²) in [6, 6.07) is 19.3. The second-order valence-corrected chi connectivity index (χ2v) is 6.66. The Morgan fingerprint density at radius 1 is 0.800 bits per heavy atom. The van der Waals surface area contributed by atoms with E-state index in [0.717, 1.165) is 37.7 Å². The largest absolute Gasteiger partial charge is 0.314 e. The van der Waals surface area contributed by atoms with Crippen LogP contribution in [0.25, 0.3) is 11.1 Å². The monoisotopic (exact) mass is 332 g/mol. The topological polar surface area (TPSA) is 42.7 Å². The fraction of sp³-hybridized carbons (Fsp3) is 0.333. The lowest BCUT2D eigenvalue weighted by Crippen LogP contribution is -2.17. The zero-order valence-corrected chi connectivity index (χ0v) is 14.5. The van der Waals surface area contributed by atoms with Crippen molar-refractivity contribution in [2.75, 3.05) is 0 Å². The molecular weight excluding hydrogens is 308 g/mol. The van der Waals surface area contributed by atoms with Crippen LogP contribution < -0.4 is 5.32 Å². The van der Waals surface area contributed by atoms with Crippen molar-refractivity contribution in [3.8, 4) is 11.1 Å². The second kappa shape index (κ2) is 7.62. The van der Waals surface area contributed by atoms with Crippen LogP contribution in [-0.2, 0) is 26.1 Å². The van der Waals surface area contributed by atoms with Crippen molar-refractivity contribution in [2.24, 2.45) is 0 Å². The van der Waals surface area contributed by atoms with Gasteiger partial charge in [0.15, 0.2) is 0 Å². The van der Waals surface area contributed by atoms with E-state index in [0.29, 0.717) is 0 Å². The van der Waals surface area contributed by atoms with E-state index >= 15 is 0 Å². The maximum atomic E-state index is 4.37. The molecule has 0 unspecified atom stereocenters. The highest BCUT2D eigenvalue weighted by molar-refractivity contribution is 5.63. The molecule has 1 aromatic heterocycles. The summed E-state index contributed by atoms with van der Waals surface area (Å²) in [5, 5.41) is 12.2. The van der Waals surface area contributed by atoms with Gasteiger partial charge in [0.25, 0.3) is 0 Å². The molecule has 128 valence electrons. The molecule has 0 atom stereocenters. The summed E-state index contributed by atoms with van der Waals surface area (Å²) >= 11 is 0. The van der Waals surface area contributed by atoms with Crippen molar-refractivity contribution in [3.63, 3.8) is 0 Å². The van der Waals surface area contributed by atoms with E-state index in [-0.39, 0.29) is 0 Å². The molecular formula is C21H24N4. The van der Waals surface area contributed by atoms with Crippen LogP contribution in [0.4, 0.5) is 0 Å². The van der Waals surface area contributed by atoms with Gasteiger partial charge in [0, 0.05) is 19.5 Å². The van der Waals surface area contributed by atoms with E-state index < -0.39 is 0 Å². The van der Waals surface area contributed by atoms with Crippen LogP contribution >= 0.6 is 0 Å². The lowest BCUT2D eigenvalue weighted by atomic mass is 10.0. The van der Waals surface area contributed by atoms with Crippen LogP contribution in [0.1, 0.15) is 36.5 Å². The van der Waals surface area contributed by atoms with Crippen LogP contribution in [0.5, 0.6) is 0 Å². The van der Waals surface area contributed by atoms with Crippen LogP contribution in [0.3, 0.4) is 0 Å². The van der Waals surface area contributed by atoms with Crippen LogP contribution in [-0.4, -0.2) is 14.8 Å². The molecule has 0 aliphatic carbocycles. The Bertz CT molecular complexity index is 806. The van der Waals surface area contributed by atoms with Gasteiger partial charge in [-0.3, -0.25) is 0 Å². The third-order valence-corrected chi connectivity index (χ3v) is 4.86. The minimum Gasteiger partial charge on any atom is -0.314 e. The fourth-order valence-electron chi connectivity index (χ4n) is 3.44. The van der Waals surface area contributed by atoms with E-state index in [1.165, 1.54) is 36.0 Å². The second-order valence-electron chi connectivity index (χ2n) is 6.66. The van der Waals surface area contributed by atoms with E-state index in [2.05, 4.69) is 68.6 Å². The molecule has 2 aromatic carbocycles. The molecule has 0 radical (unpaired) electrons. The molecule has 0 bridgehead atoms. The molecule has 4 rings (SSSR count). The lowest BCUT2D eigenvalue weighted by Gasteiger charge is -2.09. The molecule has 0 fully saturated rings. The summed E-state index contributed by atoms with van der Waals surface area (Å²) in [5.74, 6) is 2.22. The third-order valence-electron chi connectivity index (χ3n) is 4.86. The molecule has 25 heavy (non-hydrogen) atoms. The van der Waals surface area contributed by atoms with Gasteiger partial charge in [0.05, 0.1) is 6.54 Å². The van der Waals surface area contributed by atoms with Crippen molar-refractivity contribution in [3.05, 3.63) is 71.8 Å². The first-order chi connectivity index (χ1) is 12.4. The van der Waals surface area contributed by atoms with Crippen molar-refractivity contribution in [1.29, 1.82) is 0 Å². The van der Waals surface area contributed by atoms with Gasteiger partial charge in [-0.1, -0.05) is 61.0 Å². The smallest absolute Gasteiger partial charge is 0.147 e. The molecule has 0 saturated heterocycles. The van der Waals surface area contributed by atoms with Crippen molar-refractivity contribution >= 4 is 0 Å². The molecule has 1 N–H and O–H groups in total. The number of hydrogen-bond donors (Lipinski definition) is 1. The Morgan fingerprint density at radius 3 is 2.44 bits per heavy atom. The summed E-state index contributed by atoms with van der Waals surface area (Å²) in [4.78, 5) is 0. The summed E-state index contributed by atoms with van der Waals surface area (Å²) in [6.45, 7) is 2.68. The first-order valence-corrected chi connectivity index (χ1v) is 9.16. The minimum absolute atomic E-state index is 0.771. The number of aromatic nitrogens is 3. The average Bonchev–Trinajstić information content (AvgIpc) is 2.89. The number of hydrogen-bond acceptors (Lipinski definition) is 3. The molecule has 4 heteroatoms. The third kappa shape index (κ3) is 3.80. The molecule has 0 spiro atoms. The van der Waals surface area contributed by atoms with Crippen LogP contribution in [0.15, 0.2) is 54.6 Å². The van der Waals surface area contributed by atoms with E-state index in [4.69, 9.17) is 0 Å². The average molecular weight is 332 g/mol. The van der Waals surface area contributed by atoms with Gasteiger partial charge < -0.3 is 9.88 Å². The van der Waals surface area contributed by atoms with Gasteiger partial charge in [-0.2, -0.15) is 0 Å². The normalized spacial score (nSPS) is 14.1. The number of rotatable bonds is 5. The predicted octanol–water partition coefficient (Wildman–Crippen LogP) is 3.96. The fourth-order valence-corrected chi connectivity index (χ4v) is 3.44. The Hall–Kier alpha value is -2.46. The molecule has 1 aliphatic rings. The molecule has 3 aromatic rings. The highest BCUT2D eigenvalue weighted by Gasteiger charge is 2.13. The molecule has 0 saturated carbocycles. The molecule has 1 aliphatic heterocycles. The van der Waals surface area contributed by atoms with E-state index in [1.54, 1.807) is 0 Å². The van der Waals surface area contributed by atoms with Gasteiger partial charge in [-0.05, 0) is 29.5 Å². The Labute approximate surface area is 148 Å². The Kier molecular flexibility index (Phi) is 4.89. The van der Waals surface area contributed by atoms with Crippen molar-refractivity contribution in [1.82, 2.24) is 20.1 Å². The molecule has 0 amide bonds. The standard InChI is InChI=1S/C21H24N4/c1-3-7-18(8-4-1)19-12-10-17(11-13-19)15-22-16-21-24-23-20-9-5-2-6-14-25(20)21/h1,3-4,7-8,10-13,22H,2,5-6,9,14-16H2. The number of nitrogens with one attached hydrogen (secondary N) is 1. The van der Waals surface area contributed by atoms with Crippen LogP contribution in [0.2, 0.25) is 0 Å². The van der Waals surface area contributed by atoms with Gasteiger partial charge in [-0.25, -0.2) is 0 Å². The molecule has 2 heterocycles. The lowest BCUT2D eigenvalue weighted by molar-refractivity contribution is 0.572. The number of benzene rings is 2. The summed E-state index contributed by atoms with van der Waals surface area (Å²) in [5.41, 5.74) is 3.80. The molecule has 4 nitrogen and oxygen atoms in total.